The minimum atomic E-state index is -4.11. The fourth-order valence-corrected chi connectivity index (χ4v) is 3.49. The normalized spacial score (nSPS) is 21.7. The van der Waals surface area contributed by atoms with Crippen molar-refractivity contribution < 1.29 is 22.3 Å². The van der Waals surface area contributed by atoms with Crippen LogP contribution in [0.25, 0.3) is 0 Å². The fourth-order valence-electron chi connectivity index (χ4n) is 2.28. The van der Waals surface area contributed by atoms with E-state index in [9.17, 15) is 17.6 Å². The van der Waals surface area contributed by atoms with Crippen LogP contribution in [0.4, 0.5) is 4.39 Å². The van der Waals surface area contributed by atoms with Gasteiger partial charge in [-0.3, -0.25) is 4.79 Å². The van der Waals surface area contributed by atoms with Crippen LogP contribution in [-0.2, 0) is 13.8 Å². The van der Waals surface area contributed by atoms with E-state index >= 15 is 0 Å². The summed E-state index contributed by atoms with van der Waals surface area (Å²) in [4.78, 5) is 11.7. The lowest BCUT2D eigenvalue weighted by Gasteiger charge is -2.34. The third kappa shape index (κ3) is 3.53. The van der Waals surface area contributed by atoms with Crippen molar-refractivity contribution in [3.8, 4) is 0 Å². The number of benzene rings is 1. The lowest BCUT2D eigenvalue weighted by Crippen LogP contribution is -2.47. The molecule has 2 rings (SSSR count). The Bertz CT molecular complexity index is 671. The summed E-state index contributed by atoms with van der Waals surface area (Å²) in [6.07, 6.45) is 1.47. The number of amides is 1. The highest BCUT2D eigenvalue weighted by molar-refractivity contribution is 8.13. The number of methoxy groups -OCH3 is 1. The molecule has 1 aromatic rings. The SMILES string of the molecule is COC1CC(NC(=O)c2cc(F)cc(S(=O)(=O)Cl)c2C)C1. The highest BCUT2D eigenvalue weighted by Gasteiger charge is 2.31. The van der Waals surface area contributed by atoms with Crippen molar-refractivity contribution >= 4 is 25.6 Å². The van der Waals surface area contributed by atoms with Gasteiger partial charge in [-0.25, -0.2) is 12.8 Å². The standard InChI is InChI=1S/C13H15ClFNO4S/c1-7-11(3-8(15)4-12(7)21(14,18)19)13(17)16-9-5-10(6-9)20-2/h3-4,9-10H,5-6H2,1-2H3,(H,16,17). The van der Waals surface area contributed by atoms with Crippen molar-refractivity contribution in [1.29, 1.82) is 0 Å². The Balaban J connectivity index is 2.24. The summed E-state index contributed by atoms with van der Waals surface area (Å²) >= 11 is 0. The molecule has 21 heavy (non-hydrogen) atoms. The summed E-state index contributed by atoms with van der Waals surface area (Å²) in [6.45, 7) is 1.42. The molecule has 0 atom stereocenters. The van der Waals surface area contributed by atoms with Crippen LogP contribution in [-0.4, -0.2) is 33.6 Å². The molecule has 0 aliphatic heterocycles. The van der Waals surface area contributed by atoms with Gasteiger partial charge in [-0.15, -0.1) is 0 Å². The third-order valence-electron chi connectivity index (χ3n) is 3.60. The second-order valence-electron chi connectivity index (χ2n) is 5.01. The van der Waals surface area contributed by atoms with Gasteiger partial charge in [0.1, 0.15) is 5.82 Å². The molecule has 116 valence electrons. The quantitative estimate of drug-likeness (QED) is 0.854. The molecule has 1 aliphatic carbocycles. The lowest BCUT2D eigenvalue weighted by molar-refractivity contribution is 0.0176. The number of hydrogen-bond acceptors (Lipinski definition) is 4. The van der Waals surface area contributed by atoms with Gasteiger partial charge in [0.25, 0.3) is 15.0 Å². The Morgan fingerprint density at radius 3 is 2.57 bits per heavy atom. The maximum absolute atomic E-state index is 13.5. The van der Waals surface area contributed by atoms with Crippen LogP contribution in [0.3, 0.4) is 0 Å². The van der Waals surface area contributed by atoms with E-state index in [0.29, 0.717) is 12.8 Å². The Morgan fingerprint density at radius 2 is 2.05 bits per heavy atom. The summed E-state index contributed by atoms with van der Waals surface area (Å²) in [7, 11) is 2.73. The third-order valence-corrected chi connectivity index (χ3v) is 5.04. The molecule has 1 fully saturated rings. The summed E-state index contributed by atoms with van der Waals surface area (Å²) in [6, 6.07) is 1.75. The number of ether oxygens (including phenoxy) is 1. The highest BCUT2D eigenvalue weighted by Crippen LogP contribution is 2.26. The molecule has 1 aromatic carbocycles. The number of rotatable bonds is 4. The minimum absolute atomic E-state index is 0.0323. The Morgan fingerprint density at radius 1 is 1.43 bits per heavy atom. The van der Waals surface area contributed by atoms with Gasteiger partial charge in [-0.2, -0.15) is 0 Å². The van der Waals surface area contributed by atoms with Crippen molar-refractivity contribution in [2.45, 2.75) is 36.8 Å². The molecule has 0 spiro atoms. The van der Waals surface area contributed by atoms with Gasteiger partial charge in [0.05, 0.1) is 11.0 Å². The van der Waals surface area contributed by atoms with E-state index in [1.165, 1.54) is 6.92 Å². The zero-order valence-electron chi connectivity index (χ0n) is 11.5. The Hall–Kier alpha value is -1.18. The van der Waals surface area contributed by atoms with Crippen molar-refractivity contribution in [1.82, 2.24) is 5.32 Å². The van der Waals surface area contributed by atoms with E-state index in [1.807, 2.05) is 0 Å². The molecule has 0 saturated heterocycles. The smallest absolute Gasteiger partial charge is 0.261 e. The molecule has 1 amide bonds. The molecule has 8 heteroatoms. The molecule has 0 heterocycles. The second kappa shape index (κ2) is 5.90. The average molecular weight is 336 g/mol. The molecule has 1 saturated carbocycles. The van der Waals surface area contributed by atoms with Gasteiger partial charge in [-0.1, -0.05) is 0 Å². The van der Waals surface area contributed by atoms with Crippen LogP contribution < -0.4 is 5.32 Å². The molecule has 1 aliphatic rings. The first kappa shape index (κ1) is 16.2. The monoisotopic (exact) mass is 335 g/mol. The summed E-state index contributed by atoms with van der Waals surface area (Å²) in [5.41, 5.74) is 0.0987. The zero-order chi connectivity index (χ0) is 15.8. The number of halogens is 2. The number of carbonyl (C=O) groups excluding carboxylic acids is 1. The van der Waals surface area contributed by atoms with E-state index in [-0.39, 0.29) is 23.3 Å². The summed E-state index contributed by atoms with van der Waals surface area (Å²) < 4.78 is 41.4. The van der Waals surface area contributed by atoms with Gasteiger partial charge in [0.2, 0.25) is 0 Å². The largest absolute Gasteiger partial charge is 0.381 e. The first-order valence-corrected chi connectivity index (χ1v) is 8.61. The molecule has 1 N–H and O–H groups in total. The molecular formula is C13H15ClFNO4S. The Kier molecular flexibility index (Phi) is 4.55. The average Bonchev–Trinajstić information content (AvgIpc) is 2.33. The van der Waals surface area contributed by atoms with Crippen LogP contribution in [0.5, 0.6) is 0 Å². The van der Waals surface area contributed by atoms with Crippen LogP contribution in [0.2, 0.25) is 0 Å². The van der Waals surface area contributed by atoms with Gasteiger partial charge in [0, 0.05) is 29.4 Å². The van der Waals surface area contributed by atoms with E-state index < -0.39 is 25.7 Å². The van der Waals surface area contributed by atoms with Crippen LogP contribution in [0, 0.1) is 12.7 Å². The van der Waals surface area contributed by atoms with Crippen molar-refractivity contribution in [2.75, 3.05) is 7.11 Å². The van der Waals surface area contributed by atoms with Gasteiger partial charge < -0.3 is 10.1 Å². The molecule has 0 radical (unpaired) electrons. The second-order valence-corrected chi connectivity index (χ2v) is 7.55. The number of hydrogen-bond donors (Lipinski definition) is 1. The zero-order valence-corrected chi connectivity index (χ0v) is 13.1. The Labute approximate surface area is 126 Å². The molecule has 0 aromatic heterocycles. The molecule has 5 nitrogen and oxygen atoms in total. The fraction of sp³-hybridized carbons (Fsp3) is 0.462. The van der Waals surface area contributed by atoms with Gasteiger partial charge >= 0.3 is 0 Å². The minimum Gasteiger partial charge on any atom is -0.381 e. The predicted molar refractivity (Wildman–Crippen MR) is 75.5 cm³/mol. The maximum atomic E-state index is 13.5. The maximum Gasteiger partial charge on any atom is 0.261 e. The summed E-state index contributed by atoms with van der Waals surface area (Å²) in [5.74, 6) is -1.35. The van der Waals surface area contributed by atoms with Crippen molar-refractivity contribution in [3.63, 3.8) is 0 Å². The molecule has 0 bridgehead atoms. The van der Waals surface area contributed by atoms with Crippen LogP contribution in [0.15, 0.2) is 17.0 Å². The lowest BCUT2D eigenvalue weighted by atomic mass is 9.89. The van der Waals surface area contributed by atoms with Gasteiger partial charge in [-0.05, 0) is 37.5 Å². The molecule has 0 unspecified atom stereocenters. The topological polar surface area (TPSA) is 72.5 Å². The van der Waals surface area contributed by atoms with Crippen LogP contribution in [0.1, 0.15) is 28.8 Å². The number of carbonyl (C=O) groups is 1. The highest BCUT2D eigenvalue weighted by atomic mass is 35.7. The van der Waals surface area contributed by atoms with E-state index in [0.717, 1.165) is 12.1 Å². The van der Waals surface area contributed by atoms with E-state index in [2.05, 4.69) is 5.32 Å². The van der Waals surface area contributed by atoms with E-state index in [4.69, 9.17) is 15.4 Å². The van der Waals surface area contributed by atoms with E-state index in [1.54, 1.807) is 7.11 Å². The first-order chi connectivity index (χ1) is 9.72. The van der Waals surface area contributed by atoms with Crippen LogP contribution >= 0.6 is 10.7 Å². The number of nitrogens with one attached hydrogen (secondary N) is 1. The van der Waals surface area contributed by atoms with Crippen molar-refractivity contribution in [2.24, 2.45) is 0 Å². The first-order valence-electron chi connectivity index (χ1n) is 6.31. The van der Waals surface area contributed by atoms with Crippen molar-refractivity contribution in [3.05, 3.63) is 29.1 Å². The molecular weight excluding hydrogens is 321 g/mol. The predicted octanol–water partition coefficient (Wildman–Crippen LogP) is 1.97. The summed E-state index contributed by atoms with van der Waals surface area (Å²) in [5, 5.41) is 2.72. The van der Waals surface area contributed by atoms with Gasteiger partial charge in [0.15, 0.2) is 0 Å².